The highest BCUT2D eigenvalue weighted by Crippen LogP contribution is 2.05. The van der Waals surface area contributed by atoms with Crippen LogP contribution >= 0.6 is 0 Å². The zero-order valence-corrected chi connectivity index (χ0v) is 11.1. The summed E-state index contributed by atoms with van der Waals surface area (Å²) in [5.41, 5.74) is 0. The van der Waals surface area contributed by atoms with Crippen LogP contribution in [0.2, 0.25) is 0 Å². The van der Waals surface area contributed by atoms with Crippen molar-refractivity contribution in [2.45, 2.75) is 46.1 Å². The van der Waals surface area contributed by atoms with E-state index in [1.54, 1.807) is 6.92 Å². The third kappa shape index (κ3) is 9.62. The fourth-order valence-corrected chi connectivity index (χ4v) is 1.22. The molecule has 0 aromatic heterocycles. The predicted molar refractivity (Wildman–Crippen MR) is 62.7 cm³/mol. The molecule has 0 amide bonds. The first-order chi connectivity index (χ1) is 8.45. The summed E-state index contributed by atoms with van der Waals surface area (Å²) in [5.74, 6) is -1.12. The molecule has 1 atom stereocenters. The number of carbonyl (C=O) groups excluding carboxylic acids is 3. The first-order valence-electron chi connectivity index (χ1n) is 5.91. The zero-order chi connectivity index (χ0) is 14.0. The van der Waals surface area contributed by atoms with E-state index in [0.29, 0.717) is 19.3 Å². The molecule has 6 heteroatoms. The van der Waals surface area contributed by atoms with Crippen LogP contribution in [0.4, 0.5) is 0 Å². The second kappa shape index (κ2) is 9.44. The molecule has 0 saturated carbocycles. The lowest BCUT2D eigenvalue weighted by Crippen LogP contribution is -2.24. The van der Waals surface area contributed by atoms with E-state index >= 15 is 0 Å². The molecule has 0 aromatic rings. The van der Waals surface area contributed by atoms with Crippen LogP contribution < -0.4 is 0 Å². The Morgan fingerprint density at radius 3 is 2.22 bits per heavy atom. The highest BCUT2D eigenvalue weighted by molar-refractivity contribution is 5.68. The van der Waals surface area contributed by atoms with Crippen LogP contribution in [-0.2, 0) is 28.6 Å². The van der Waals surface area contributed by atoms with E-state index in [-0.39, 0.29) is 19.2 Å². The summed E-state index contributed by atoms with van der Waals surface area (Å²) in [6.45, 7) is 4.58. The molecule has 0 aliphatic rings. The van der Waals surface area contributed by atoms with Crippen molar-refractivity contribution in [3.8, 4) is 0 Å². The molecule has 0 aliphatic carbocycles. The van der Waals surface area contributed by atoms with Gasteiger partial charge in [-0.3, -0.25) is 14.4 Å². The zero-order valence-electron chi connectivity index (χ0n) is 11.1. The molecule has 0 N–H and O–H groups in total. The SMILES string of the molecule is CCC(=O)OCCCC(COC(C)=O)OC(C)=O. The topological polar surface area (TPSA) is 78.9 Å². The van der Waals surface area contributed by atoms with Gasteiger partial charge >= 0.3 is 17.9 Å². The summed E-state index contributed by atoms with van der Waals surface area (Å²) in [6.07, 6.45) is 0.863. The van der Waals surface area contributed by atoms with Gasteiger partial charge in [0.15, 0.2) is 0 Å². The first kappa shape index (κ1) is 16.4. The Balaban J connectivity index is 3.88. The summed E-state index contributed by atoms with van der Waals surface area (Å²) in [7, 11) is 0. The number of esters is 3. The summed E-state index contributed by atoms with van der Waals surface area (Å²) in [5, 5.41) is 0. The Bertz CT molecular complexity index is 286. The van der Waals surface area contributed by atoms with E-state index in [2.05, 4.69) is 0 Å². The van der Waals surface area contributed by atoms with Gasteiger partial charge in [0.05, 0.1) is 6.61 Å². The molecule has 0 aromatic carbocycles. The third-order valence-corrected chi connectivity index (χ3v) is 2.03. The molecule has 0 fully saturated rings. The highest BCUT2D eigenvalue weighted by Gasteiger charge is 2.14. The second-order valence-electron chi connectivity index (χ2n) is 3.75. The van der Waals surface area contributed by atoms with Gasteiger partial charge in [-0.2, -0.15) is 0 Å². The lowest BCUT2D eigenvalue weighted by atomic mass is 10.2. The largest absolute Gasteiger partial charge is 0.466 e. The molecule has 0 spiro atoms. The van der Waals surface area contributed by atoms with Crippen LogP contribution in [0, 0.1) is 0 Å². The Morgan fingerprint density at radius 1 is 1.06 bits per heavy atom. The van der Waals surface area contributed by atoms with E-state index in [0.717, 1.165) is 0 Å². The fourth-order valence-electron chi connectivity index (χ4n) is 1.22. The number of carbonyl (C=O) groups is 3. The van der Waals surface area contributed by atoms with E-state index in [1.165, 1.54) is 13.8 Å². The Hall–Kier alpha value is -1.59. The van der Waals surface area contributed by atoms with Crippen LogP contribution in [0.1, 0.15) is 40.0 Å². The normalized spacial score (nSPS) is 11.5. The Morgan fingerprint density at radius 2 is 1.72 bits per heavy atom. The molecule has 0 aliphatic heterocycles. The van der Waals surface area contributed by atoms with E-state index in [1.807, 2.05) is 0 Å². The van der Waals surface area contributed by atoms with Crippen molar-refractivity contribution in [1.82, 2.24) is 0 Å². The van der Waals surface area contributed by atoms with Crippen molar-refractivity contribution in [3.05, 3.63) is 0 Å². The van der Waals surface area contributed by atoms with Gasteiger partial charge in [-0.05, 0) is 12.8 Å². The second-order valence-corrected chi connectivity index (χ2v) is 3.75. The minimum atomic E-state index is -0.494. The molecule has 6 nitrogen and oxygen atoms in total. The number of hydrogen-bond donors (Lipinski definition) is 0. The molecule has 0 heterocycles. The average Bonchev–Trinajstić information content (AvgIpc) is 2.30. The maximum atomic E-state index is 10.9. The quantitative estimate of drug-likeness (QED) is 0.371. The van der Waals surface area contributed by atoms with Crippen LogP contribution in [0.15, 0.2) is 0 Å². The van der Waals surface area contributed by atoms with Gasteiger partial charge < -0.3 is 14.2 Å². The molecule has 18 heavy (non-hydrogen) atoms. The van der Waals surface area contributed by atoms with Crippen molar-refractivity contribution >= 4 is 17.9 Å². The Kier molecular flexibility index (Phi) is 8.61. The van der Waals surface area contributed by atoms with Gasteiger partial charge in [-0.25, -0.2) is 0 Å². The molecular weight excluding hydrogens is 240 g/mol. The van der Waals surface area contributed by atoms with E-state index in [4.69, 9.17) is 14.2 Å². The summed E-state index contributed by atoms with van der Waals surface area (Å²) >= 11 is 0. The standard InChI is InChI=1S/C12H20O6/c1-4-12(15)16-7-5-6-11(18-10(3)14)8-17-9(2)13/h11H,4-8H2,1-3H3. The van der Waals surface area contributed by atoms with E-state index < -0.39 is 18.0 Å². The highest BCUT2D eigenvalue weighted by atomic mass is 16.6. The van der Waals surface area contributed by atoms with Crippen LogP contribution in [0.3, 0.4) is 0 Å². The molecule has 1 unspecified atom stereocenters. The van der Waals surface area contributed by atoms with Crippen molar-refractivity contribution in [2.24, 2.45) is 0 Å². The van der Waals surface area contributed by atoms with Crippen molar-refractivity contribution in [1.29, 1.82) is 0 Å². The number of hydrogen-bond acceptors (Lipinski definition) is 6. The van der Waals surface area contributed by atoms with Crippen LogP contribution in [0.5, 0.6) is 0 Å². The monoisotopic (exact) mass is 260 g/mol. The Labute approximate surface area is 107 Å². The van der Waals surface area contributed by atoms with Gasteiger partial charge in [-0.15, -0.1) is 0 Å². The first-order valence-corrected chi connectivity index (χ1v) is 5.91. The predicted octanol–water partition coefficient (Wildman–Crippen LogP) is 1.21. The van der Waals surface area contributed by atoms with Crippen molar-refractivity contribution in [2.75, 3.05) is 13.2 Å². The smallest absolute Gasteiger partial charge is 0.305 e. The van der Waals surface area contributed by atoms with E-state index in [9.17, 15) is 14.4 Å². The van der Waals surface area contributed by atoms with Gasteiger partial charge in [0.25, 0.3) is 0 Å². The van der Waals surface area contributed by atoms with Crippen molar-refractivity contribution in [3.63, 3.8) is 0 Å². The summed E-state index contributed by atoms with van der Waals surface area (Å²) in [4.78, 5) is 32.4. The van der Waals surface area contributed by atoms with Crippen LogP contribution in [0.25, 0.3) is 0 Å². The minimum absolute atomic E-state index is 0.0244. The van der Waals surface area contributed by atoms with Gasteiger partial charge in [-0.1, -0.05) is 6.92 Å². The van der Waals surface area contributed by atoms with Gasteiger partial charge in [0.1, 0.15) is 12.7 Å². The lowest BCUT2D eigenvalue weighted by Gasteiger charge is -2.16. The lowest BCUT2D eigenvalue weighted by molar-refractivity contribution is -0.157. The van der Waals surface area contributed by atoms with Gasteiger partial charge in [0.2, 0.25) is 0 Å². The maximum absolute atomic E-state index is 10.9. The minimum Gasteiger partial charge on any atom is -0.466 e. The van der Waals surface area contributed by atoms with Crippen molar-refractivity contribution < 1.29 is 28.6 Å². The molecule has 0 rings (SSSR count). The molecule has 104 valence electrons. The average molecular weight is 260 g/mol. The molecule has 0 radical (unpaired) electrons. The molecular formula is C12H20O6. The van der Waals surface area contributed by atoms with Crippen LogP contribution in [-0.4, -0.2) is 37.2 Å². The summed E-state index contributed by atoms with van der Waals surface area (Å²) in [6, 6.07) is 0. The van der Waals surface area contributed by atoms with Gasteiger partial charge in [0, 0.05) is 20.3 Å². The number of ether oxygens (including phenoxy) is 3. The fraction of sp³-hybridized carbons (Fsp3) is 0.750. The summed E-state index contributed by atoms with van der Waals surface area (Å²) < 4.78 is 14.6. The molecule has 0 bridgehead atoms. The third-order valence-electron chi connectivity index (χ3n) is 2.03. The maximum Gasteiger partial charge on any atom is 0.305 e. The number of rotatable bonds is 8. The molecule has 0 saturated heterocycles.